The van der Waals surface area contributed by atoms with Gasteiger partial charge in [0.15, 0.2) is 0 Å². The van der Waals surface area contributed by atoms with E-state index in [9.17, 15) is 0 Å². The van der Waals surface area contributed by atoms with E-state index in [1.807, 2.05) is 20.8 Å². The van der Waals surface area contributed by atoms with E-state index in [-0.39, 0.29) is 57.6 Å². The normalized spacial score (nSPS) is 8.44. The van der Waals surface area contributed by atoms with Crippen LogP contribution in [0.15, 0.2) is 42.5 Å². The van der Waals surface area contributed by atoms with E-state index < -0.39 is 0 Å². The molecule has 0 spiro atoms. The first-order valence-electron chi connectivity index (χ1n) is 4.82. The third-order valence-corrected chi connectivity index (χ3v) is 1.55. The Morgan fingerprint density at radius 2 is 1.44 bits per heavy atom. The zero-order chi connectivity index (χ0) is 10.6. The van der Waals surface area contributed by atoms with Crippen molar-refractivity contribution in [3.05, 3.63) is 63.1 Å². The maximum absolute atomic E-state index is 6.94. The van der Waals surface area contributed by atoms with Crippen LogP contribution in [-0.4, -0.2) is 16.5 Å². The molecule has 2 aromatic rings. The summed E-state index contributed by atoms with van der Waals surface area (Å²) >= 11 is 0. The van der Waals surface area contributed by atoms with Gasteiger partial charge in [0.1, 0.15) is 0 Å². The smallest absolute Gasteiger partial charge is 0.673 e. The molecule has 0 saturated heterocycles. The second-order valence-electron chi connectivity index (χ2n) is 4.40. The quantitative estimate of drug-likeness (QED) is 0.482. The minimum Gasteiger partial charge on any atom is -0.673 e. The largest absolute Gasteiger partial charge is 4.00 e. The van der Waals surface area contributed by atoms with Crippen LogP contribution in [0.2, 0.25) is 0 Å². The second kappa shape index (κ2) is 12.0. The molecular formula is C15H23NSiZr. The molecule has 2 rings (SSSR count). The molecule has 0 bridgehead atoms. The molecule has 0 amide bonds. The summed E-state index contributed by atoms with van der Waals surface area (Å²) in [6.45, 7) is 5.56. The Balaban J connectivity index is -0.0000000993. The van der Waals surface area contributed by atoms with Crippen LogP contribution in [0, 0.1) is 14.9 Å². The van der Waals surface area contributed by atoms with E-state index in [4.69, 9.17) is 5.73 Å². The van der Waals surface area contributed by atoms with Gasteiger partial charge in [-0.25, -0.2) is 0 Å². The molecule has 0 aliphatic rings. The molecule has 0 atom stereocenters. The van der Waals surface area contributed by atoms with Crippen LogP contribution in [0.4, 0.5) is 0 Å². The van der Waals surface area contributed by atoms with Gasteiger partial charge in [0.2, 0.25) is 0 Å². The molecule has 0 fully saturated rings. The average molecular weight is 337 g/mol. The summed E-state index contributed by atoms with van der Waals surface area (Å²) in [6.07, 6.45) is 0. The van der Waals surface area contributed by atoms with Gasteiger partial charge in [0, 0.05) is 11.0 Å². The summed E-state index contributed by atoms with van der Waals surface area (Å²) in [5.74, 6) is 0. The van der Waals surface area contributed by atoms with Crippen molar-refractivity contribution in [2.24, 2.45) is 0 Å². The molecule has 0 saturated carbocycles. The van der Waals surface area contributed by atoms with Crippen LogP contribution in [0.1, 0.15) is 20.8 Å². The molecule has 1 N–H and O–H groups in total. The van der Waals surface area contributed by atoms with E-state index in [2.05, 4.69) is 42.5 Å². The SMILES string of the molecule is CC(C)(C)[NH-].[CH3-].[CH3-].[Si].[Zr+4].c1ccc2[cH-]ccc2c1. The number of fused-ring (bicyclic) bond motifs is 1. The predicted molar refractivity (Wildman–Crippen MR) is 82.2 cm³/mol. The fourth-order valence-corrected chi connectivity index (χ4v) is 1.07. The summed E-state index contributed by atoms with van der Waals surface area (Å²) < 4.78 is 0. The van der Waals surface area contributed by atoms with Crippen molar-refractivity contribution in [1.29, 1.82) is 0 Å². The minimum absolute atomic E-state index is 0. The zero-order valence-electron chi connectivity index (χ0n) is 12.0. The number of rotatable bonds is 0. The molecule has 0 aliphatic carbocycles. The van der Waals surface area contributed by atoms with Crippen LogP contribution in [0.3, 0.4) is 0 Å². The first-order chi connectivity index (χ1) is 6.47. The van der Waals surface area contributed by atoms with Gasteiger partial charge in [0.25, 0.3) is 0 Å². The van der Waals surface area contributed by atoms with Gasteiger partial charge in [-0.05, 0) is 0 Å². The van der Waals surface area contributed by atoms with Crippen molar-refractivity contribution in [2.75, 3.05) is 0 Å². The van der Waals surface area contributed by atoms with E-state index in [0.717, 1.165) is 0 Å². The van der Waals surface area contributed by atoms with Crippen LogP contribution in [-0.2, 0) is 26.2 Å². The van der Waals surface area contributed by atoms with Crippen molar-refractivity contribution < 1.29 is 26.2 Å². The Kier molecular flexibility index (Phi) is 17.6. The Bertz CT molecular complexity index is 354. The minimum atomic E-state index is -0.250. The Morgan fingerprint density at radius 3 is 1.89 bits per heavy atom. The van der Waals surface area contributed by atoms with Crippen molar-refractivity contribution in [2.45, 2.75) is 26.3 Å². The number of hydrogen-bond donors (Lipinski definition) is 0. The molecule has 1 nitrogen and oxygen atoms in total. The topological polar surface area (TPSA) is 23.8 Å². The Morgan fingerprint density at radius 1 is 1.00 bits per heavy atom. The van der Waals surface area contributed by atoms with Gasteiger partial charge in [-0.1, -0.05) is 26.8 Å². The zero-order valence-corrected chi connectivity index (χ0v) is 15.5. The summed E-state index contributed by atoms with van der Waals surface area (Å²) in [7, 11) is 0. The first-order valence-corrected chi connectivity index (χ1v) is 4.82. The summed E-state index contributed by atoms with van der Waals surface area (Å²) in [5, 5.41) is 2.66. The Labute approximate surface area is 137 Å². The maximum atomic E-state index is 6.94. The molecule has 0 heterocycles. The summed E-state index contributed by atoms with van der Waals surface area (Å²) in [5.41, 5.74) is 6.69. The maximum Gasteiger partial charge on any atom is 4.00 e. The molecule has 4 radical (unpaired) electrons. The predicted octanol–water partition coefficient (Wildman–Crippen LogP) is 4.91. The molecule has 0 aliphatic heterocycles. The van der Waals surface area contributed by atoms with E-state index in [0.29, 0.717) is 0 Å². The first kappa shape index (κ1) is 26.5. The van der Waals surface area contributed by atoms with Crippen molar-refractivity contribution >= 4 is 21.7 Å². The van der Waals surface area contributed by atoms with Crippen molar-refractivity contribution in [3.63, 3.8) is 0 Å². The van der Waals surface area contributed by atoms with Crippen LogP contribution < -0.4 is 0 Å². The number of hydrogen-bond acceptors (Lipinski definition) is 0. The fraction of sp³-hybridized carbons (Fsp3) is 0.267. The molecule has 3 heteroatoms. The molecule has 0 unspecified atom stereocenters. The van der Waals surface area contributed by atoms with Gasteiger partial charge in [-0.3, -0.25) is 0 Å². The third kappa shape index (κ3) is 12.3. The molecule has 2 aromatic carbocycles. The average Bonchev–Trinajstić information content (AvgIpc) is 2.47. The molecule has 0 aromatic heterocycles. The van der Waals surface area contributed by atoms with Gasteiger partial charge in [-0.15, -0.1) is 35.2 Å². The molecule has 18 heavy (non-hydrogen) atoms. The summed E-state index contributed by atoms with van der Waals surface area (Å²) in [4.78, 5) is 0. The van der Waals surface area contributed by atoms with Crippen molar-refractivity contribution in [1.82, 2.24) is 0 Å². The monoisotopic (exact) mass is 335 g/mol. The van der Waals surface area contributed by atoms with E-state index in [1.54, 1.807) is 0 Å². The van der Waals surface area contributed by atoms with Crippen LogP contribution in [0.25, 0.3) is 16.5 Å². The van der Waals surface area contributed by atoms with E-state index in [1.165, 1.54) is 10.8 Å². The number of nitrogens with one attached hydrogen (secondary N) is 1. The van der Waals surface area contributed by atoms with Crippen molar-refractivity contribution in [3.8, 4) is 0 Å². The summed E-state index contributed by atoms with van der Waals surface area (Å²) in [6, 6.07) is 14.7. The van der Waals surface area contributed by atoms with Gasteiger partial charge in [-0.2, -0.15) is 17.5 Å². The number of benzene rings is 1. The molecular weight excluding hydrogens is 313 g/mol. The fourth-order valence-electron chi connectivity index (χ4n) is 1.07. The standard InChI is InChI=1S/C9H7.C4H10N.2CH3.Si.Zr/c1-2-5-9-7-3-6-8(9)4-1;1-4(2,3)5;;;;/h1-7H;5H,1-3H3;2*1H3;;/q4*-1;;+4. The Hall–Kier alpha value is -0.110. The van der Waals surface area contributed by atoms with Gasteiger partial charge >= 0.3 is 26.2 Å². The van der Waals surface area contributed by atoms with Crippen LogP contribution in [0.5, 0.6) is 0 Å². The van der Waals surface area contributed by atoms with Gasteiger partial charge < -0.3 is 20.6 Å². The van der Waals surface area contributed by atoms with Crippen LogP contribution >= 0.6 is 0 Å². The van der Waals surface area contributed by atoms with Gasteiger partial charge in [0.05, 0.1) is 0 Å². The third-order valence-electron chi connectivity index (χ3n) is 1.55. The second-order valence-corrected chi connectivity index (χ2v) is 4.40. The van der Waals surface area contributed by atoms with E-state index >= 15 is 0 Å². The molecule has 96 valence electrons.